The zero-order valence-electron chi connectivity index (χ0n) is 7.12. The first kappa shape index (κ1) is 8.60. The highest BCUT2D eigenvalue weighted by Gasteiger charge is 1.87. The third-order valence-corrected chi connectivity index (χ3v) is 1.62. The van der Waals surface area contributed by atoms with Gasteiger partial charge in [-0.25, -0.2) is 0 Å². The molecular weight excluding hydrogens is 148 g/mol. The van der Waals surface area contributed by atoms with Crippen LogP contribution in [0.25, 0.3) is 12.3 Å². The van der Waals surface area contributed by atoms with Crippen LogP contribution >= 0.6 is 0 Å². The van der Waals surface area contributed by atoms with Crippen LogP contribution in [0.5, 0.6) is 0 Å². The number of benzene rings is 1. The zero-order valence-corrected chi connectivity index (χ0v) is 7.12. The van der Waals surface area contributed by atoms with Crippen molar-refractivity contribution in [2.75, 3.05) is 0 Å². The highest BCUT2D eigenvalue weighted by molar-refractivity contribution is 5.47. The molecule has 1 N–H and O–H groups in total. The average Bonchev–Trinajstić information content (AvgIpc) is 2.05. The second-order valence-corrected chi connectivity index (χ2v) is 2.54. The second kappa shape index (κ2) is 3.77. The van der Waals surface area contributed by atoms with Crippen LogP contribution in [0.2, 0.25) is 0 Å². The molecule has 1 rings (SSSR count). The predicted octanol–water partition coefficient (Wildman–Crippen LogP) is 1.34. The molecule has 0 aliphatic rings. The summed E-state index contributed by atoms with van der Waals surface area (Å²) in [7, 11) is 0. The minimum Gasteiger partial charge on any atom is -0.507 e. The Hall–Kier alpha value is -1.50. The molecule has 0 unspecified atom stereocenters. The number of aliphatic hydroxyl groups is 1. The Bertz CT molecular complexity index is 388. The van der Waals surface area contributed by atoms with Crippen molar-refractivity contribution in [3.05, 3.63) is 46.9 Å². The maximum absolute atomic E-state index is 9.49. The molecule has 0 heterocycles. The quantitative estimate of drug-likeness (QED) is 0.657. The molecule has 0 radical (unpaired) electrons. The lowest BCUT2D eigenvalue weighted by Crippen LogP contribution is -2.24. The van der Waals surface area contributed by atoms with Gasteiger partial charge in [0.15, 0.2) is 0 Å². The first-order valence-corrected chi connectivity index (χ1v) is 3.85. The van der Waals surface area contributed by atoms with Crippen LogP contribution in [0.15, 0.2) is 36.4 Å². The van der Waals surface area contributed by atoms with Crippen molar-refractivity contribution in [3.63, 3.8) is 0 Å². The fourth-order valence-electron chi connectivity index (χ4n) is 1.02. The van der Waals surface area contributed by atoms with Crippen molar-refractivity contribution in [1.82, 2.24) is 0 Å². The number of allylic oxidation sites excluding steroid dienone is 1. The van der Waals surface area contributed by atoms with E-state index in [1.54, 1.807) is 12.2 Å². The summed E-state index contributed by atoms with van der Waals surface area (Å²) in [6.07, 6.45) is 3.45. The van der Waals surface area contributed by atoms with Gasteiger partial charge >= 0.3 is 0 Å². The Kier molecular flexibility index (Phi) is 2.70. The molecule has 0 saturated heterocycles. The van der Waals surface area contributed by atoms with Gasteiger partial charge < -0.3 is 5.11 Å². The lowest BCUT2D eigenvalue weighted by Gasteiger charge is -1.91. The number of hydrogen-bond donors (Lipinski definition) is 1. The van der Waals surface area contributed by atoms with Gasteiger partial charge in [0.25, 0.3) is 0 Å². The summed E-state index contributed by atoms with van der Waals surface area (Å²) in [5.41, 5.74) is 0. The summed E-state index contributed by atoms with van der Waals surface area (Å²) >= 11 is 0. The number of hydrogen-bond acceptors (Lipinski definition) is 1. The third-order valence-electron chi connectivity index (χ3n) is 1.62. The van der Waals surface area contributed by atoms with E-state index in [4.69, 9.17) is 0 Å². The fraction of sp³-hybridized carbons (Fsp3) is 0.0909. The van der Waals surface area contributed by atoms with Gasteiger partial charge in [0, 0.05) is 5.22 Å². The Balaban J connectivity index is 3.45. The van der Waals surface area contributed by atoms with Crippen LogP contribution in [0.3, 0.4) is 0 Å². The summed E-state index contributed by atoms with van der Waals surface area (Å²) in [6, 6.07) is 7.49. The maximum atomic E-state index is 9.49. The van der Waals surface area contributed by atoms with E-state index in [1.807, 2.05) is 31.2 Å². The highest BCUT2D eigenvalue weighted by atomic mass is 16.3. The predicted molar refractivity (Wildman–Crippen MR) is 52.1 cm³/mol. The van der Waals surface area contributed by atoms with Gasteiger partial charge in [0.2, 0.25) is 0 Å². The molecule has 0 aliphatic heterocycles. The van der Waals surface area contributed by atoms with Crippen molar-refractivity contribution in [1.29, 1.82) is 0 Å². The van der Waals surface area contributed by atoms with Gasteiger partial charge in [-0.1, -0.05) is 36.9 Å². The van der Waals surface area contributed by atoms with Gasteiger partial charge in [-0.3, -0.25) is 0 Å². The van der Waals surface area contributed by atoms with Crippen molar-refractivity contribution in [3.8, 4) is 0 Å². The minimum atomic E-state index is 0.267. The molecule has 12 heavy (non-hydrogen) atoms. The Morgan fingerprint density at radius 1 is 1.42 bits per heavy atom. The molecule has 0 aromatic heterocycles. The zero-order chi connectivity index (χ0) is 8.97. The third kappa shape index (κ3) is 1.76. The molecule has 1 aromatic carbocycles. The lowest BCUT2D eigenvalue weighted by molar-refractivity contribution is 0.511. The van der Waals surface area contributed by atoms with E-state index in [2.05, 4.69) is 6.58 Å². The van der Waals surface area contributed by atoms with Gasteiger partial charge in [0.1, 0.15) is 5.76 Å². The van der Waals surface area contributed by atoms with Gasteiger partial charge in [-0.2, -0.15) is 0 Å². The molecule has 0 aliphatic carbocycles. The van der Waals surface area contributed by atoms with Gasteiger partial charge in [-0.15, -0.1) is 0 Å². The van der Waals surface area contributed by atoms with Crippen molar-refractivity contribution < 1.29 is 5.11 Å². The van der Waals surface area contributed by atoms with E-state index in [1.165, 1.54) is 0 Å². The SMILES string of the molecule is C=c1cccc/c1=C(O)/C=C\C. The van der Waals surface area contributed by atoms with Crippen LogP contribution < -0.4 is 10.4 Å². The molecular formula is C11H12O. The Morgan fingerprint density at radius 2 is 2.08 bits per heavy atom. The van der Waals surface area contributed by atoms with Crippen LogP contribution in [-0.4, -0.2) is 5.11 Å². The lowest BCUT2D eigenvalue weighted by atomic mass is 10.2. The van der Waals surface area contributed by atoms with E-state index in [-0.39, 0.29) is 5.76 Å². The Morgan fingerprint density at radius 3 is 2.67 bits per heavy atom. The highest BCUT2D eigenvalue weighted by Crippen LogP contribution is 1.86. The standard InChI is InChI=1S/C11H12O/c1-3-6-11(12)10-8-5-4-7-9(10)2/h3-8,12H,2H2,1H3/b6-3-,11-10+. The van der Waals surface area contributed by atoms with Crippen molar-refractivity contribution >= 4 is 12.3 Å². The summed E-state index contributed by atoms with van der Waals surface area (Å²) in [4.78, 5) is 0. The molecule has 1 heteroatoms. The van der Waals surface area contributed by atoms with Gasteiger partial charge in [0.05, 0.1) is 0 Å². The normalized spacial score (nSPS) is 13.4. The molecule has 0 bridgehead atoms. The van der Waals surface area contributed by atoms with Crippen LogP contribution in [0.4, 0.5) is 0 Å². The van der Waals surface area contributed by atoms with E-state index < -0.39 is 0 Å². The van der Waals surface area contributed by atoms with E-state index in [9.17, 15) is 5.11 Å². The molecule has 0 atom stereocenters. The molecule has 62 valence electrons. The van der Waals surface area contributed by atoms with E-state index >= 15 is 0 Å². The largest absolute Gasteiger partial charge is 0.507 e. The summed E-state index contributed by atoms with van der Waals surface area (Å²) in [5, 5.41) is 11.1. The smallest absolute Gasteiger partial charge is 0.123 e. The monoisotopic (exact) mass is 160 g/mol. The first-order valence-electron chi connectivity index (χ1n) is 3.85. The minimum absolute atomic E-state index is 0.267. The summed E-state index contributed by atoms with van der Waals surface area (Å²) in [6.45, 7) is 5.67. The Labute approximate surface area is 72.0 Å². The van der Waals surface area contributed by atoms with Crippen LogP contribution in [0, 0.1) is 0 Å². The molecule has 0 fully saturated rings. The average molecular weight is 160 g/mol. The fourth-order valence-corrected chi connectivity index (χ4v) is 1.02. The summed E-state index contributed by atoms with van der Waals surface area (Å²) < 4.78 is 0. The second-order valence-electron chi connectivity index (χ2n) is 2.54. The topological polar surface area (TPSA) is 20.2 Å². The molecule has 0 spiro atoms. The molecule has 1 aromatic rings. The van der Waals surface area contributed by atoms with Crippen LogP contribution in [-0.2, 0) is 0 Å². The molecule has 0 amide bonds. The first-order chi connectivity index (χ1) is 5.75. The van der Waals surface area contributed by atoms with E-state index in [0.717, 1.165) is 10.4 Å². The number of rotatable bonds is 1. The number of aliphatic hydroxyl groups excluding tert-OH is 1. The molecule has 1 nitrogen and oxygen atoms in total. The maximum Gasteiger partial charge on any atom is 0.123 e. The molecule has 0 saturated carbocycles. The van der Waals surface area contributed by atoms with Crippen LogP contribution in [0.1, 0.15) is 6.92 Å². The van der Waals surface area contributed by atoms with Crippen molar-refractivity contribution in [2.45, 2.75) is 6.92 Å². The van der Waals surface area contributed by atoms with E-state index in [0.29, 0.717) is 0 Å². The van der Waals surface area contributed by atoms with Crippen molar-refractivity contribution in [2.24, 2.45) is 0 Å². The van der Waals surface area contributed by atoms with Gasteiger partial charge in [-0.05, 0) is 18.2 Å². The summed E-state index contributed by atoms with van der Waals surface area (Å²) in [5.74, 6) is 0.267.